The van der Waals surface area contributed by atoms with E-state index >= 15 is 0 Å². The van der Waals surface area contributed by atoms with Gasteiger partial charge >= 0.3 is 0 Å². The molecule has 0 amide bonds. The SMILES string of the molecule is Cc1ccccc1[C@H](C)NC1CC(O)C1(C)C. The van der Waals surface area contributed by atoms with E-state index in [-0.39, 0.29) is 11.5 Å². The third kappa shape index (κ3) is 2.24. The van der Waals surface area contributed by atoms with Crippen molar-refractivity contribution in [2.75, 3.05) is 0 Å². The van der Waals surface area contributed by atoms with Crippen molar-refractivity contribution in [2.24, 2.45) is 5.41 Å². The van der Waals surface area contributed by atoms with Crippen LogP contribution >= 0.6 is 0 Å². The second-order valence-electron chi connectivity index (χ2n) is 5.87. The van der Waals surface area contributed by atoms with E-state index in [9.17, 15) is 5.11 Å². The summed E-state index contributed by atoms with van der Waals surface area (Å²) in [6.07, 6.45) is 0.701. The lowest BCUT2D eigenvalue weighted by Gasteiger charge is -2.50. The number of nitrogens with one attached hydrogen (secondary N) is 1. The van der Waals surface area contributed by atoms with E-state index in [0.29, 0.717) is 12.1 Å². The van der Waals surface area contributed by atoms with E-state index in [1.54, 1.807) is 0 Å². The van der Waals surface area contributed by atoms with Crippen LogP contribution < -0.4 is 5.32 Å². The van der Waals surface area contributed by atoms with Gasteiger partial charge in [-0.2, -0.15) is 0 Å². The molecule has 94 valence electrons. The van der Waals surface area contributed by atoms with E-state index < -0.39 is 0 Å². The lowest BCUT2D eigenvalue weighted by molar-refractivity contribution is -0.0754. The first kappa shape index (κ1) is 12.6. The van der Waals surface area contributed by atoms with Gasteiger partial charge in [0.1, 0.15) is 0 Å². The Hall–Kier alpha value is -0.860. The molecule has 0 heterocycles. The summed E-state index contributed by atoms with van der Waals surface area (Å²) in [7, 11) is 0. The van der Waals surface area contributed by atoms with E-state index in [2.05, 4.69) is 57.3 Å². The summed E-state index contributed by atoms with van der Waals surface area (Å²) in [4.78, 5) is 0. The van der Waals surface area contributed by atoms with Gasteiger partial charge in [0.15, 0.2) is 0 Å². The first-order valence-electron chi connectivity index (χ1n) is 6.42. The predicted octanol–water partition coefficient (Wildman–Crippen LogP) is 2.81. The van der Waals surface area contributed by atoms with Crippen LogP contribution in [0.1, 0.15) is 44.4 Å². The maximum absolute atomic E-state index is 9.74. The highest BCUT2D eigenvalue weighted by Gasteiger charge is 2.47. The summed E-state index contributed by atoms with van der Waals surface area (Å²) < 4.78 is 0. The van der Waals surface area contributed by atoms with Crippen molar-refractivity contribution in [1.29, 1.82) is 0 Å². The fourth-order valence-corrected chi connectivity index (χ4v) is 2.65. The molecule has 0 aliphatic heterocycles. The molecule has 3 atom stereocenters. The second-order valence-corrected chi connectivity index (χ2v) is 5.87. The van der Waals surface area contributed by atoms with Crippen molar-refractivity contribution in [2.45, 2.75) is 52.3 Å². The standard InChI is InChI=1S/C15H23NO/c1-10-7-5-6-8-12(10)11(2)16-13-9-14(17)15(13,3)4/h5-8,11,13-14,16-17H,9H2,1-4H3/t11-,13?,14?/m0/s1. The van der Waals surface area contributed by atoms with Crippen LogP contribution in [0.4, 0.5) is 0 Å². The van der Waals surface area contributed by atoms with Crippen LogP contribution in [0.3, 0.4) is 0 Å². The van der Waals surface area contributed by atoms with Gasteiger partial charge in [0, 0.05) is 17.5 Å². The van der Waals surface area contributed by atoms with Crippen molar-refractivity contribution in [1.82, 2.24) is 5.32 Å². The fraction of sp³-hybridized carbons (Fsp3) is 0.600. The molecule has 0 saturated heterocycles. The van der Waals surface area contributed by atoms with Gasteiger partial charge in [-0.05, 0) is 31.4 Å². The monoisotopic (exact) mass is 233 g/mol. The molecule has 17 heavy (non-hydrogen) atoms. The van der Waals surface area contributed by atoms with Crippen LogP contribution in [0.25, 0.3) is 0 Å². The lowest BCUT2D eigenvalue weighted by Crippen LogP contribution is -2.60. The van der Waals surface area contributed by atoms with Crippen molar-refractivity contribution < 1.29 is 5.11 Å². The van der Waals surface area contributed by atoms with Crippen LogP contribution in [0.2, 0.25) is 0 Å². The maximum Gasteiger partial charge on any atom is 0.0621 e. The van der Waals surface area contributed by atoms with Crippen molar-refractivity contribution in [3.8, 4) is 0 Å². The number of hydrogen-bond donors (Lipinski definition) is 2. The number of aliphatic hydroxyl groups excluding tert-OH is 1. The molecule has 2 unspecified atom stereocenters. The van der Waals surface area contributed by atoms with Gasteiger partial charge in [-0.3, -0.25) is 0 Å². The van der Waals surface area contributed by atoms with Crippen LogP contribution in [0.15, 0.2) is 24.3 Å². The summed E-state index contributed by atoms with van der Waals surface area (Å²) in [5.74, 6) is 0. The first-order valence-corrected chi connectivity index (χ1v) is 6.42. The normalized spacial score (nSPS) is 28.5. The van der Waals surface area contributed by atoms with Crippen molar-refractivity contribution >= 4 is 0 Å². The summed E-state index contributed by atoms with van der Waals surface area (Å²) in [6.45, 7) is 8.60. The van der Waals surface area contributed by atoms with Crippen LogP contribution in [0, 0.1) is 12.3 Å². The average molecular weight is 233 g/mol. The molecule has 0 spiro atoms. The highest BCUT2D eigenvalue weighted by Crippen LogP contribution is 2.41. The van der Waals surface area contributed by atoms with Crippen molar-refractivity contribution in [3.05, 3.63) is 35.4 Å². The summed E-state index contributed by atoms with van der Waals surface area (Å²) in [5, 5.41) is 13.4. The Labute approximate surface area is 104 Å². The topological polar surface area (TPSA) is 32.3 Å². The van der Waals surface area contributed by atoms with Gasteiger partial charge in [-0.15, -0.1) is 0 Å². The molecule has 2 N–H and O–H groups in total. The molecule has 1 saturated carbocycles. The Morgan fingerprint density at radius 1 is 1.35 bits per heavy atom. The first-order chi connectivity index (χ1) is 7.93. The molecule has 0 radical (unpaired) electrons. The van der Waals surface area contributed by atoms with Crippen molar-refractivity contribution in [3.63, 3.8) is 0 Å². The highest BCUT2D eigenvalue weighted by atomic mass is 16.3. The third-order valence-corrected chi connectivity index (χ3v) is 4.32. The number of rotatable bonds is 3. The number of aliphatic hydroxyl groups is 1. The highest BCUT2D eigenvalue weighted by molar-refractivity contribution is 5.28. The predicted molar refractivity (Wildman–Crippen MR) is 70.9 cm³/mol. The van der Waals surface area contributed by atoms with Gasteiger partial charge in [-0.1, -0.05) is 38.1 Å². The Balaban J connectivity index is 2.04. The summed E-state index contributed by atoms with van der Waals surface area (Å²) in [6, 6.07) is 9.23. The summed E-state index contributed by atoms with van der Waals surface area (Å²) >= 11 is 0. The smallest absolute Gasteiger partial charge is 0.0621 e. The minimum Gasteiger partial charge on any atom is -0.392 e. The van der Waals surface area contributed by atoms with Gasteiger partial charge in [0.25, 0.3) is 0 Å². The van der Waals surface area contributed by atoms with E-state index in [0.717, 1.165) is 6.42 Å². The Morgan fingerprint density at radius 2 is 2.00 bits per heavy atom. The maximum atomic E-state index is 9.74. The molecule has 1 fully saturated rings. The minimum atomic E-state index is -0.163. The Kier molecular flexibility index (Phi) is 3.28. The third-order valence-electron chi connectivity index (χ3n) is 4.32. The molecular weight excluding hydrogens is 210 g/mol. The molecule has 1 aromatic carbocycles. The van der Waals surface area contributed by atoms with E-state index in [4.69, 9.17) is 0 Å². The molecule has 1 aromatic rings. The lowest BCUT2D eigenvalue weighted by atomic mass is 9.64. The molecule has 2 nitrogen and oxygen atoms in total. The van der Waals surface area contributed by atoms with E-state index in [1.807, 2.05) is 0 Å². The largest absolute Gasteiger partial charge is 0.392 e. The molecule has 1 aliphatic rings. The quantitative estimate of drug-likeness (QED) is 0.841. The average Bonchev–Trinajstić information content (AvgIpc) is 2.29. The molecule has 2 rings (SSSR count). The van der Waals surface area contributed by atoms with Crippen LogP contribution in [0.5, 0.6) is 0 Å². The molecule has 0 bridgehead atoms. The van der Waals surface area contributed by atoms with Crippen LogP contribution in [-0.2, 0) is 0 Å². The number of aryl methyl sites for hydroxylation is 1. The number of hydrogen-bond acceptors (Lipinski definition) is 2. The zero-order valence-electron chi connectivity index (χ0n) is 11.2. The Bertz CT molecular complexity index is 400. The minimum absolute atomic E-state index is 0.00303. The van der Waals surface area contributed by atoms with Gasteiger partial charge < -0.3 is 10.4 Å². The van der Waals surface area contributed by atoms with Gasteiger partial charge in [0.2, 0.25) is 0 Å². The second kappa shape index (κ2) is 4.43. The zero-order valence-corrected chi connectivity index (χ0v) is 11.2. The van der Waals surface area contributed by atoms with E-state index in [1.165, 1.54) is 11.1 Å². The molecule has 0 aromatic heterocycles. The number of benzene rings is 1. The molecule has 1 aliphatic carbocycles. The molecule has 2 heteroatoms. The fourth-order valence-electron chi connectivity index (χ4n) is 2.65. The van der Waals surface area contributed by atoms with Crippen LogP contribution in [-0.4, -0.2) is 17.3 Å². The summed E-state index contributed by atoms with van der Waals surface area (Å²) in [5.41, 5.74) is 2.67. The van der Waals surface area contributed by atoms with Gasteiger partial charge in [-0.25, -0.2) is 0 Å². The zero-order chi connectivity index (χ0) is 12.6. The Morgan fingerprint density at radius 3 is 2.53 bits per heavy atom. The van der Waals surface area contributed by atoms with Gasteiger partial charge in [0.05, 0.1) is 6.10 Å². The molecular formula is C15H23NO.